The summed E-state index contributed by atoms with van der Waals surface area (Å²) in [5.74, 6) is 1.52. The van der Waals surface area contributed by atoms with Crippen LogP contribution in [0.3, 0.4) is 0 Å². The molecule has 0 heterocycles. The number of ether oxygens (including phenoxy) is 2. The van der Waals surface area contributed by atoms with Crippen molar-refractivity contribution >= 4 is 0 Å². The summed E-state index contributed by atoms with van der Waals surface area (Å²) in [6.07, 6.45) is 0.975. The average molecular weight is 236 g/mol. The molecule has 0 saturated heterocycles. The van der Waals surface area contributed by atoms with Crippen molar-refractivity contribution in [3.63, 3.8) is 0 Å². The summed E-state index contributed by atoms with van der Waals surface area (Å²) in [4.78, 5) is 0. The van der Waals surface area contributed by atoms with Crippen LogP contribution in [0.4, 0.5) is 0 Å². The molecule has 2 atom stereocenters. The molecular formula is C15H24O2. The summed E-state index contributed by atoms with van der Waals surface area (Å²) in [7, 11) is 0. The molecule has 0 radical (unpaired) electrons. The molecule has 0 amide bonds. The summed E-state index contributed by atoms with van der Waals surface area (Å²) in [5.41, 5.74) is 2.55. The average Bonchev–Trinajstić information content (AvgIpc) is 2.31. The SMILES string of the molecule is CCOC(C)Oc1ccc(C(C)CC)cc1C. The Balaban J connectivity index is 2.76. The topological polar surface area (TPSA) is 18.5 Å². The van der Waals surface area contributed by atoms with E-state index in [0.29, 0.717) is 12.5 Å². The Kier molecular flexibility index (Phi) is 5.49. The fourth-order valence-corrected chi connectivity index (χ4v) is 1.79. The van der Waals surface area contributed by atoms with E-state index in [2.05, 4.69) is 32.9 Å². The molecule has 0 aromatic heterocycles. The van der Waals surface area contributed by atoms with E-state index in [1.807, 2.05) is 19.9 Å². The largest absolute Gasteiger partial charge is 0.465 e. The Labute approximate surface area is 105 Å². The van der Waals surface area contributed by atoms with Crippen molar-refractivity contribution in [1.29, 1.82) is 0 Å². The van der Waals surface area contributed by atoms with Crippen molar-refractivity contribution in [3.05, 3.63) is 29.3 Å². The van der Waals surface area contributed by atoms with Gasteiger partial charge in [-0.3, -0.25) is 0 Å². The fraction of sp³-hybridized carbons (Fsp3) is 0.600. The van der Waals surface area contributed by atoms with Gasteiger partial charge < -0.3 is 9.47 Å². The van der Waals surface area contributed by atoms with Crippen molar-refractivity contribution in [1.82, 2.24) is 0 Å². The lowest BCUT2D eigenvalue weighted by Gasteiger charge is -2.17. The smallest absolute Gasteiger partial charge is 0.196 e. The highest BCUT2D eigenvalue weighted by Crippen LogP contribution is 2.26. The molecule has 0 bridgehead atoms. The van der Waals surface area contributed by atoms with Gasteiger partial charge in [0.25, 0.3) is 0 Å². The van der Waals surface area contributed by atoms with Crippen LogP contribution in [0, 0.1) is 6.92 Å². The Morgan fingerprint density at radius 2 is 1.88 bits per heavy atom. The molecule has 1 aromatic rings. The zero-order valence-electron chi connectivity index (χ0n) is 11.6. The lowest BCUT2D eigenvalue weighted by Crippen LogP contribution is -2.16. The minimum absolute atomic E-state index is 0.187. The molecule has 96 valence electrons. The highest BCUT2D eigenvalue weighted by Gasteiger charge is 2.08. The molecule has 2 nitrogen and oxygen atoms in total. The van der Waals surface area contributed by atoms with Crippen LogP contribution in [-0.4, -0.2) is 12.9 Å². The van der Waals surface area contributed by atoms with E-state index in [1.54, 1.807) is 0 Å². The van der Waals surface area contributed by atoms with Gasteiger partial charge in [0.15, 0.2) is 6.29 Å². The van der Waals surface area contributed by atoms with Gasteiger partial charge in [0.05, 0.1) is 0 Å². The van der Waals surface area contributed by atoms with Crippen molar-refractivity contribution in [2.45, 2.75) is 53.2 Å². The first-order chi connectivity index (χ1) is 8.08. The molecule has 1 aromatic carbocycles. The van der Waals surface area contributed by atoms with E-state index in [9.17, 15) is 0 Å². The Bertz CT molecular complexity index is 347. The van der Waals surface area contributed by atoms with Crippen LogP contribution >= 0.6 is 0 Å². The monoisotopic (exact) mass is 236 g/mol. The zero-order valence-corrected chi connectivity index (χ0v) is 11.6. The van der Waals surface area contributed by atoms with E-state index >= 15 is 0 Å². The second-order valence-corrected chi connectivity index (χ2v) is 4.48. The third-order valence-electron chi connectivity index (χ3n) is 3.07. The maximum Gasteiger partial charge on any atom is 0.196 e. The highest BCUT2D eigenvalue weighted by atomic mass is 16.7. The molecule has 0 aliphatic carbocycles. The van der Waals surface area contributed by atoms with Crippen molar-refractivity contribution in [2.75, 3.05) is 6.61 Å². The summed E-state index contributed by atoms with van der Waals surface area (Å²) < 4.78 is 11.1. The summed E-state index contributed by atoms with van der Waals surface area (Å²) in [6, 6.07) is 6.41. The molecule has 2 heteroatoms. The van der Waals surface area contributed by atoms with Gasteiger partial charge in [-0.2, -0.15) is 0 Å². The first-order valence-electron chi connectivity index (χ1n) is 6.47. The molecular weight excluding hydrogens is 212 g/mol. The van der Waals surface area contributed by atoms with Crippen LogP contribution in [0.25, 0.3) is 0 Å². The summed E-state index contributed by atoms with van der Waals surface area (Å²) >= 11 is 0. The standard InChI is InChI=1S/C15H24O2/c1-6-11(3)14-8-9-15(12(4)10-14)17-13(5)16-7-2/h8-11,13H,6-7H2,1-5H3. The molecule has 0 spiro atoms. The molecule has 0 saturated carbocycles. The first kappa shape index (κ1) is 14.0. The minimum atomic E-state index is -0.187. The fourth-order valence-electron chi connectivity index (χ4n) is 1.79. The lowest BCUT2D eigenvalue weighted by molar-refractivity contribution is -0.0616. The van der Waals surface area contributed by atoms with Crippen LogP contribution < -0.4 is 4.74 Å². The predicted octanol–water partition coefficient (Wildman–Crippen LogP) is 4.27. The Morgan fingerprint density at radius 1 is 1.18 bits per heavy atom. The van der Waals surface area contributed by atoms with Gasteiger partial charge >= 0.3 is 0 Å². The second kappa shape index (κ2) is 6.65. The molecule has 0 N–H and O–H groups in total. The molecule has 0 aliphatic heterocycles. The molecule has 17 heavy (non-hydrogen) atoms. The van der Waals surface area contributed by atoms with E-state index in [1.165, 1.54) is 11.1 Å². The van der Waals surface area contributed by atoms with Crippen LogP contribution in [-0.2, 0) is 4.74 Å². The summed E-state index contributed by atoms with van der Waals surface area (Å²) in [6.45, 7) is 11.1. The third-order valence-corrected chi connectivity index (χ3v) is 3.07. The Hall–Kier alpha value is -1.02. The normalized spacial score (nSPS) is 14.4. The quantitative estimate of drug-likeness (QED) is 0.687. The number of hydrogen-bond acceptors (Lipinski definition) is 2. The van der Waals surface area contributed by atoms with E-state index in [-0.39, 0.29) is 6.29 Å². The molecule has 1 rings (SSSR count). The van der Waals surface area contributed by atoms with Crippen LogP contribution in [0.1, 0.15) is 51.2 Å². The zero-order chi connectivity index (χ0) is 12.8. The first-order valence-corrected chi connectivity index (χ1v) is 6.47. The van der Waals surface area contributed by atoms with Gasteiger partial charge in [0.2, 0.25) is 0 Å². The van der Waals surface area contributed by atoms with E-state index in [4.69, 9.17) is 9.47 Å². The molecule has 0 fully saturated rings. The van der Waals surface area contributed by atoms with Gasteiger partial charge in [-0.15, -0.1) is 0 Å². The van der Waals surface area contributed by atoms with Gasteiger partial charge in [0, 0.05) is 6.61 Å². The van der Waals surface area contributed by atoms with Crippen molar-refractivity contribution in [2.24, 2.45) is 0 Å². The second-order valence-electron chi connectivity index (χ2n) is 4.48. The number of aryl methyl sites for hydroxylation is 1. The third kappa shape index (κ3) is 4.04. The highest BCUT2D eigenvalue weighted by molar-refractivity contribution is 5.37. The van der Waals surface area contributed by atoms with Gasteiger partial charge in [-0.1, -0.05) is 26.0 Å². The van der Waals surface area contributed by atoms with E-state index in [0.717, 1.165) is 12.2 Å². The lowest BCUT2D eigenvalue weighted by atomic mass is 9.97. The number of benzene rings is 1. The van der Waals surface area contributed by atoms with Gasteiger partial charge in [-0.05, 0) is 50.3 Å². The van der Waals surface area contributed by atoms with Gasteiger partial charge in [0.1, 0.15) is 5.75 Å². The maximum atomic E-state index is 5.73. The number of hydrogen-bond donors (Lipinski definition) is 0. The maximum absolute atomic E-state index is 5.73. The Morgan fingerprint density at radius 3 is 2.41 bits per heavy atom. The van der Waals surface area contributed by atoms with Crippen molar-refractivity contribution in [3.8, 4) is 5.75 Å². The molecule has 0 aliphatic rings. The van der Waals surface area contributed by atoms with Crippen molar-refractivity contribution < 1.29 is 9.47 Å². The molecule has 2 unspecified atom stereocenters. The van der Waals surface area contributed by atoms with Crippen LogP contribution in [0.2, 0.25) is 0 Å². The summed E-state index contributed by atoms with van der Waals surface area (Å²) in [5, 5.41) is 0. The minimum Gasteiger partial charge on any atom is -0.465 e. The number of rotatable bonds is 6. The predicted molar refractivity (Wildman–Crippen MR) is 71.6 cm³/mol. The van der Waals surface area contributed by atoms with E-state index < -0.39 is 0 Å². The van der Waals surface area contributed by atoms with Crippen LogP contribution in [0.5, 0.6) is 5.75 Å². The van der Waals surface area contributed by atoms with Gasteiger partial charge in [-0.25, -0.2) is 0 Å². The van der Waals surface area contributed by atoms with Crippen LogP contribution in [0.15, 0.2) is 18.2 Å².